The Bertz CT molecular complexity index is 980. The van der Waals surface area contributed by atoms with E-state index in [1.54, 1.807) is 11.3 Å². The van der Waals surface area contributed by atoms with Crippen LogP contribution in [0.5, 0.6) is 5.75 Å². The zero-order valence-corrected chi connectivity index (χ0v) is 19.4. The molecule has 4 rings (SSSR count). The topological polar surface area (TPSA) is 39.0 Å². The van der Waals surface area contributed by atoms with Gasteiger partial charge in [0.05, 0.1) is 44.3 Å². The predicted octanol–water partition coefficient (Wildman–Crippen LogP) is 5.05. The second-order valence-corrected chi connectivity index (χ2v) is 7.60. The molecule has 0 N–H and O–H groups in total. The normalized spacial score (nSPS) is 14.6. The number of aromatic nitrogens is 1. The van der Waals surface area contributed by atoms with Gasteiger partial charge in [-0.3, -0.25) is 0 Å². The summed E-state index contributed by atoms with van der Waals surface area (Å²) in [5, 5.41) is 5.17. The van der Waals surface area contributed by atoms with Crippen molar-refractivity contribution in [3.63, 3.8) is 0 Å². The lowest BCUT2D eigenvalue weighted by Gasteiger charge is -2.31. The van der Waals surface area contributed by atoms with Crippen LogP contribution in [0.4, 0.5) is 5.69 Å². The first kappa shape index (κ1) is 21.9. The number of hydrogen-bond acceptors (Lipinski definition) is 5. The molecule has 1 saturated heterocycles. The Morgan fingerprint density at radius 3 is 2.41 bits per heavy atom. The van der Waals surface area contributed by atoms with Gasteiger partial charge in [-0.05, 0) is 43.3 Å². The Morgan fingerprint density at radius 2 is 1.76 bits per heavy atom. The maximum Gasteiger partial charge on any atom is 0.209 e. The molecular weight excluding hydrogens is 474 g/mol. The van der Waals surface area contributed by atoms with Crippen molar-refractivity contribution in [3.05, 3.63) is 63.7 Å². The third kappa shape index (κ3) is 5.22. The lowest BCUT2D eigenvalue weighted by atomic mass is 10.2. The molecular formula is C21H23BrClN3O2S. The molecule has 2 heterocycles. The van der Waals surface area contributed by atoms with Gasteiger partial charge in [0.1, 0.15) is 5.75 Å². The maximum atomic E-state index is 6.08. The van der Waals surface area contributed by atoms with Crippen LogP contribution in [0, 0.1) is 0 Å². The number of thiazole rings is 1. The van der Waals surface area contributed by atoms with Crippen LogP contribution < -0.4 is 14.5 Å². The Hall–Kier alpha value is -1.80. The standard InChI is InChI=1S/C21H22ClN3O2S.BrH/c1-2-27-19-9-7-18(8-10-19)23-21-25(24-11-13-26-14-12-24)20(15-28-21)16-3-5-17(22)6-4-16;/h3-10,15H,2,11-14H2,1H3;1H. The van der Waals surface area contributed by atoms with E-state index in [1.807, 2.05) is 55.5 Å². The summed E-state index contributed by atoms with van der Waals surface area (Å²) in [5.74, 6) is 0.857. The molecule has 29 heavy (non-hydrogen) atoms. The minimum Gasteiger partial charge on any atom is -0.494 e. The number of nitrogens with zero attached hydrogens (tertiary/aromatic N) is 3. The lowest BCUT2D eigenvalue weighted by molar-refractivity contribution is 0.111. The van der Waals surface area contributed by atoms with Crippen LogP contribution in [0.25, 0.3) is 11.3 Å². The van der Waals surface area contributed by atoms with Crippen molar-refractivity contribution in [3.8, 4) is 17.0 Å². The summed E-state index contributed by atoms with van der Waals surface area (Å²) in [6.07, 6.45) is 0. The highest BCUT2D eigenvalue weighted by Crippen LogP contribution is 2.24. The van der Waals surface area contributed by atoms with Crippen molar-refractivity contribution in [2.45, 2.75) is 6.92 Å². The number of ether oxygens (including phenoxy) is 2. The van der Waals surface area contributed by atoms with Crippen LogP contribution >= 0.6 is 39.9 Å². The van der Waals surface area contributed by atoms with E-state index in [-0.39, 0.29) is 17.0 Å². The maximum absolute atomic E-state index is 6.08. The summed E-state index contributed by atoms with van der Waals surface area (Å²) in [7, 11) is 0. The van der Waals surface area contributed by atoms with E-state index in [1.165, 1.54) is 0 Å². The molecule has 0 aliphatic carbocycles. The molecule has 1 fully saturated rings. The van der Waals surface area contributed by atoms with Crippen molar-refractivity contribution in [2.75, 3.05) is 37.9 Å². The SMILES string of the molecule is Br.CCOc1ccc(N=c2scc(-c3ccc(Cl)cc3)n2N2CCOCC2)cc1. The monoisotopic (exact) mass is 495 g/mol. The lowest BCUT2D eigenvalue weighted by Crippen LogP contribution is -2.48. The average molecular weight is 497 g/mol. The summed E-state index contributed by atoms with van der Waals surface area (Å²) in [4.78, 5) is 5.83. The van der Waals surface area contributed by atoms with Gasteiger partial charge < -0.3 is 14.5 Å². The van der Waals surface area contributed by atoms with E-state index < -0.39 is 0 Å². The van der Waals surface area contributed by atoms with Crippen molar-refractivity contribution in [1.82, 2.24) is 4.68 Å². The Balaban J connectivity index is 0.00000240. The highest BCUT2D eigenvalue weighted by Gasteiger charge is 2.17. The first-order valence-corrected chi connectivity index (χ1v) is 10.6. The highest BCUT2D eigenvalue weighted by molar-refractivity contribution is 8.93. The molecule has 0 amide bonds. The molecule has 0 spiro atoms. The van der Waals surface area contributed by atoms with Gasteiger partial charge in [-0.1, -0.05) is 23.7 Å². The van der Waals surface area contributed by atoms with Crippen molar-refractivity contribution in [2.24, 2.45) is 4.99 Å². The largest absolute Gasteiger partial charge is 0.494 e. The van der Waals surface area contributed by atoms with Crippen LogP contribution in [0.1, 0.15) is 6.92 Å². The molecule has 0 radical (unpaired) electrons. The van der Waals surface area contributed by atoms with Crippen LogP contribution in [0.2, 0.25) is 5.02 Å². The van der Waals surface area contributed by atoms with E-state index in [9.17, 15) is 0 Å². The minimum atomic E-state index is 0. The molecule has 0 atom stereocenters. The van der Waals surface area contributed by atoms with E-state index in [0.29, 0.717) is 19.8 Å². The second-order valence-electron chi connectivity index (χ2n) is 6.33. The second kappa shape index (κ2) is 10.3. The van der Waals surface area contributed by atoms with Gasteiger partial charge in [0.25, 0.3) is 0 Å². The molecule has 1 aromatic heterocycles. The summed E-state index contributed by atoms with van der Waals surface area (Å²) in [6.45, 7) is 5.72. The molecule has 3 aromatic rings. The molecule has 2 aromatic carbocycles. The smallest absolute Gasteiger partial charge is 0.209 e. The average Bonchev–Trinajstić information content (AvgIpc) is 3.14. The van der Waals surface area contributed by atoms with E-state index in [4.69, 9.17) is 26.1 Å². The van der Waals surface area contributed by atoms with Crippen molar-refractivity contribution in [1.29, 1.82) is 0 Å². The van der Waals surface area contributed by atoms with Crippen molar-refractivity contribution < 1.29 is 9.47 Å². The van der Waals surface area contributed by atoms with Gasteiger partial charge in [0, 0.05) is 16.0 Å². The van der Waals surface area contributed by atoms with Gasteiger partial charge in [0.2, 0.25) is 4.80 Å². The van der Waals surface area contributed by atoms with Gasteiger partial charge >= 0.3 is 0 Å². The number of hydrogen-bond donors (Lipinski definition) is 0. The predicted molar refractivity (Wildman–Crippen MR) is 125 cm³/mol. The Morgan fingerprint density at radius 1 is 1.07 bits per heavy atom. The van der Waals surface area contributed by atoms with E-state index >= 15 is 0 Å². The minimum absolute atomic E-state index is 0. The number of rotatable bonds is 5. The van der Waals surface area contributed by atoms with Crippen molar-refractivity contribution >= 4 is 45.6 Å². The third-order valence-electron chi connectivity index (χ3n) is 4.47. The molecule has 1 aliphatic rings. The molecule has 1 aliphatic heterocycles. The van der Waals surface area contributed by atoms with E-state index in [0.717, 1.165) is 45.6 Å². The van der Waals surface area contributed by atoms with Gasteiger partial charge in [-0.2, -0.15) is 0 Å². The van der Waals surface area contributed by atoms with Gasteiger partial charge in [-0.15, -0.1) is 28.3 Å². The number of halogens is 2. The summed E-state index contributed by atoms with van der Waals surface area (Å²) < 4.78 is 13.3. The first-order valence-electron chi connectivity index (χ1n) is 9.31. The molecule has 0 saturated carbocycles. The first-order chi connectivity index (χ1) is 13.7. The van der Waals surface area contributed by atoms with Crippen LogP contribution in [0.3, 0.4) is 0 Å². The zero-order valence-electron chi connectivity index (χ0n) is 16.1. The molecule has 0 unspecified atom stereocenters. The molecule has 154 valence electrons. The van der Waals surface area contributed by atoms with E-state index in [2.05, 4.69) is 15.1 Å². The van der Waals surface area contributed by atoms with Crippen LogP contribution in [-0.2, 0) is 4.74 Å². The quantitative estimate of drug-likeness (QED) is 0.496. The van der Waals surface area contributed by atoms with Gasteiger partial charge in [0.15, 0.2) is 0 Å². The van der Waals surface area contributed by atoms with Crippen LogP contribution in [-0.4, -0.2) is 37.6 Å². The Labute approximate surface area is 189 Å². The van der Waals surface area contributed by atoms with Gasteiger partial charge in [-0.25, -0.2) is 9.67 Å². The fraction of sp³-hybridized carbons (Fsp3) is 0.286. The van der Waals surface area contributed by atoms with Crippen LogP contribution in [0.15, 0.2) is 58.9 Å². The summed E-state index contributed by atoms with van der Waals surface area (Å²) in [5.41, 5.74) is 3.11. The fourth-order valence-corrected chi connectivity index (χ4v) is 4.17. The number of morpholine rings is 1. The number of benzene rings is 2. The molecule has 0 bridgehead atoms. The summed E-state index contributed by atoms with van der Waals surface area (Å²) >= 11 is 7.70. The summed E-state index contributed by atoms with van der Waals surface area (Å²) in [6, 6.07) is 15.8. The fourth-order valence-electron chi connectivity index (χ4n) is 3.12. The molecule has 5 nitrogen and oxygen atoms in total. The third-order valence-corrected chi connectivity index (χ3v) is 5.54. The molecule has 8 heteroatoms. The zero-order chi connectivity index (χ0) is 19.3. The Kier molecular flexibility index (Phi) is 7.77. The highest BCUT2D eigenvalue weighted by atomic mass is 79.9.